The molecule has 0 saturated carbocycles. The fourth-order valence-corrected chi connectivity index (χ4v) is 2.18. The van der Waals surface area contributed by atoms with E-state index in [-0.39, 0.29) is 6.04 Å². The van der Waals surface area contributed by atoms with Crippen LogP contribution in [0.5, 0.6) is 0 Å². The minimum absolute atomic E-state index is 0.176. The Morgan fingerprint density at radius 1 is 1.25 bits per heavy atom. The molecule has 0 spiro atoms. The zero-order chi connectivity index (χ0) is 14.5. The van der Waals surface area contributed by atoms with E-state index in [0.29, 0.717) is 18.7 Å². The van der Waals surface area contributed by atoms with E-state index in [2.05, 4.69) is 4.98 Å². The molecule has 0 aliphatic carbocycles. The molecule has 106 valence electrons. The standard InChI is InChI=1S/C15H17F2N3/c1-20(10-11-3-2-6-19-9-11)15(8-18)12-4-5-13(16)14(17)7-12/h2-7,9,15H,8,10,18H2,1H3. The van der Waals surface area contributed by atoms with Crippen LogP contribution >= 0.6 is 0 Å². The van der Waals surface area contributed by atoms with Crippen molar-refractivity contribution in [2.45, 2.75) is 12.6 Å². The summed E-state index contributed by atoms with van der Waals surface area (Å²) in [5.41, 5.74) is 7.48. The first-order valence-corrected chi connectivity index (χ1v) is 6.36. The number of likely N-dealkylation sites (N-methyl/N-ethyl adjacent to an activating group) is 1. The van der Waals surface area contributed by atoms with Gasteiger partial charge in [0.1, 0.15) is 0 Å². The van der Waals surface area contributed by atoms with Crippen LogP contribution in [0.15, 0.2) is 42.7 Å². The van der Waals surface area contributed by atoms with E-state index in [1.807, 2.05) is 24.1 Å². The van der Waals surface area contributed by atoms with Crippen LogP contribution in [0.2, 0.25) is 0 Å². The van der Waals surface area contributed by atoms with Crippen molar-refractivity contribution in [3.05, 3.63) is 65.5 Å². The summed E-state index contributed by atoms with van der Waals surface area (Å²) in [4.78, 5) is 6.04. The fraction of sp³-hybridized carbons (Fsp3) is 0.267. The number of hydrogen-bond acceptors (Lipinski definition) is 3. The lowest BCUT2D eigenvalue weighted by Gasteiger charge is -2.27. The summed E-state index contributed by atoms with van der Waals surface area (Å²) >= 11 is 0. The van der Waals surface area contributed by atoms with Crippen LogP contribution in [-0.2, 0) is 6.54 Å². The van der Waals surface area contributed by atoms with Crippen LogP contribution in [0.3, 0.4) is 0 Å². The molecule has 0 amide bonds. The van der Waals surface area contributed by atoms with Crippen molar-refractivity contribution in [2.24, 2.45) is 5.73 Å². The van der Waals surface area contributed by atoms with Crippen LogP contribution in [-0.4, -0.2) is 23.5 Å². The van der Waals surface area contributed by atoms with Gasteiger partial charge in [-0.3, -0.25) is 9.88 Å². The Kier molecular flexibility index (Phi) is 4.76. The van der Waals surface area contributed by atoms with Crippen LogP contribution < -0.4 is 5.73 Å². The highest BCUT2D eigenvalue weighted by molar-refractivity contribution is 5.22. The predicted molar refractivity (Wildman–Crippen MR) is 73.9 cm³/mol. The molecule has 1 heterocycles. The van der Waals surface area contributed by atoms with Crippen molar-refractivity contribution in [1.82, 2.24) is 9.88 Å². The van der Waals surface area contributed by atoms with E-state index in [1.54, 1.807) is 18.5 Å². The highest BCUT2D eigenvalue weighted by atomic mass is 19.2. The maximum absolute atomic E-state index is 13.3. The van der Waals surface area contributed by atoms with Crippen molar-refractivity contribution in [1.29, 1.82) is 0 Å². The zero-order valence-electron chi connectivity index (χ0n) is 11.3. The fourth-order valence-electron chi connectivity index (χ4n) is 2.18. The van der Waals surface area contributed by atoms with Gasteiger partial charge in [0.25, 0.3) is 0 Å². The van der Waals surface area contributed by atoms with Crippen molar-refractivity contribution in [3.63, 3.8) is 0 Å². The van der Waals surface area contributed by atoms with Gasteiger partial charge < -0.3 is 5.73 Å². The van der Waals surface area contributed by atoms with Crippen LogP contribution in [0.25, 0.3) is 0 Å². The summed E-state index contributed by atoms with van der Waals surface area (Å²) in [6.07, 6.45) is 3.48. The molecule has 0 saturated heterocycles. The Bertz CT molecular complexity index is 560. The smallest absolute Gasteiger partial charge is 0.159 e. The molecule has 0 aliphatic heterocycles. The van der Waals surface area contributed by atoms with Crippen molar-refractivity contribution >= 4 is 0 Å². The summed E-state index contributed by atoms with van der Waals surface area (Å²) in [6.45, 7) is 0.955. The van der Waals surface area contributed by atoms with E-state index in [9.17, 15) is 8.78 Å². The number of nitrogens with zero attached hydrogens (tertiary/aromatic N) is 2. The van der Waals surface area contributed by atoms with Gasteiger partial charge in [-0.25, -0.2) is 8.78 Å². The third-order valence-electron chi connectivity index (χ3n) is 3.24. The molecular formula is C15H17F2N3. The minimum atomic E-state index is -0.851. The molecule has 1 aromatic carbocycles. The first kappa shape index (κ1) is 14.6. The maximum Gasteiger partial charge on any atom is 0.159 e. The third kappa shape index (κ3) is 3.37. The Balaban J connectivity index is 2.16. The number of rotatable bonds is 5. The maximum atomic E-state index is 13.3. The molecule has 1 atom stereocenters. The molecular weight excluding hydrogens is 260 g/mol. The second kappa shape index (κ2) is 6.54. The average Bonchev–Trinajstić information content (AvgIpc) is 2.44. The first-order valence-electron chi connectivity index (χ1n) is 6.36. The van der Waals surface area contributed by atoms with Crippen LogP contribution in [0, 0.1) is 11.6 Å². The predicted octanol–water partition coefficient (Wildman–Crippen LogP) is 2.49. The topological polar surface area (TPSA) is 42.2 Å². The lowest BCUT2D eigenvalue weighted by Crippen LogP contribution is -2.30. The van der Waals surface area contributed by atoms with E-state index in [1.165, 1.54) is 6.07 Å². The van der Waals surface area contributed by atoms with E-state index < -0.39 is 11.6 Å². The average molecular weight is 277 g/mol. The highest BCUT2D eigenvalue weighted by Crippen LogP contribution is 2.22. The molecule has 0 fully saturated rings. The van der Waals surface area contributed by atoms with E-state index in [4.69, 9.17) is 5.73 Å². The number of benzene rings is 1. The lowest BCUT2D eigenvalue weighted by molar-refractivity contribution is 0.241. The molecule has 2 aromatic rings. The molecule has 2 rings (SSSR count). The molecule has 0 aliphatic rings. The quantitative estimate of drug-likeness (QED) is 0.913. The van der Waals surface area contributed by atoms with E-state index >= 15 is 0 Å². The van der Waals surface area contributed by atoms with E-state index in [0.717, 1.165) is 11.6 Å². The molecule has 5 heteroatoms. The second-order valence-electron chi connectivity index (χ2n) is 4.70. The number of aromatic nitrogens is 1. The summed E-state index contributed by atoms with van der Waals surface area (Å²) in [6, 6.07) is 7.54. The number of hydrogen-bond donors (Lipinski definition) is 1. The molecule has 0 bridgehead atoms. The SMILES string of the molecule is CN(Cc1cccnc1)C(CN)c1ccc(F)c(F)c1. The van der Waals surface area contributed by atoms with Crippen LogP contribution in [0.1, 0.15) is 17.2 Å². The normalized spacial score (nSPS) is 12.7. The molecule has 2 N–H and O–H groups in total. The molecule has 0 radical (unpaired) electrons. The zero-order valence-corrected chi connectivity index (χ0v) is 11.3. The van der Waals surface area contributed by atoms with Gasteiger partial charge in [-0.1, -0.05) is 12.1 Å². The molecule has 20 heavy (non-hydrogen) atoms. The second-order valence-corrected chi connectivity index (χ2v) is 4.70. The third-order valence-corrected chi connectivity index (χ3v) is 3.24. The van der Waals surface area contributed by atoms with Gasteiger partial charge in [-0.05, 0) is 36.4 Å². The van der Waals surface area contributed by atoms with Gasteiger partial charge in [0.2, 0.25) is 0 Å². The summed E-state index contributed by atoms with van der Waals surface area (Å²) in [7, 11) is 1.89. The Hall–Kier alpha value is -1.85. The Labute approximate surface area is 117 Å². The Morgan fingerprint density at radius 2 is 2.05 bits per heavy atom. The van der Waals surface area contributed by atoms with Gasteiger partial charge in [0.15, 0.2) is 11.6 Å². The number of halogens is 2. The summed E-state index contributed by atoms with van der Waals surface area (Å²) < 4.78 is 26.3. The first-order chi connectivity index (χ1) is 9.61. The summed E-state index contributed by atoms with van der Waals surface area (Å²) in [5.74, 6) is -1.70. The molecule has 1 aromatic heterocycles. The van der Waals surface area contributed by atoms with Crippen molar-refractivity contribution < 1.29 is 8.78 Å². The lowest BCUT2D eigenvalue weighted by atomic mass is 10.0. The van der Waals surface area contributed by atoms with Crippen molar-refractivity contribution in [3.8, 4) is 0 Å². The minimum Gasteiger partial charge on any atom is -0.329 e. The van der Waals surface area contributed by atoms with Crippen LogP contribution in [0.4, 0.5) is 8.78 Å². The molecule has 3 nitrogen and oxygen atoms in total. The monoisotopic (exact) mass is 277 g/mol. The summed E-state index contributed by atoms with van der Waals surface area (Å²) in [5, 5.41) is 0. The molecule has 1 unspecified atom stereocenters. The van der Waals surface area contributed by atoms with Gasteiger partial charge in [0, 0.05) is 31.5 Å². The van der Waals surface area contributed by atoms with Gasteiger partial charge in [-0.2, -0.15) is 0 Å². The van der Waals surface area contributed by atoms with Gasteiger partial charge >= 0.3 is 0 Å². The van der Waals surface area contributed by atoms with Gasteiger partial charge in [-0.15, -0.1) is 0 Å². The largest absolute Gasteiger partial charge is 0.329 e. The Morgan fingerprint density at radius 3 is 2.65 bits per heavy atom. The number of nitrogens with two attached hydrogens (primary N) is 1. The van der Waals surface area contributed by atoms with Crippen molar-refractivity contribution in [2.75, 3.05) is 13.6 Å². The van der Waals surface area contributed by atoms with Gasteiger partial charge in [0.05, 0.1) is 0 Å². The highest BCUT2D eigenvalue weighted by Gasteiger charge is 2.17. The number of pyridine rings is 1.